The smallest absolute Gasteiger partial charge is 0.329 e. The van der Waals surface area contributed by atoms with Gasteiger partial charge in [0.15, 0.2) is 0 Å². The molecular formula is C8H24CoN8+2. The zero-order valence-corrected chi connectivity index (χ0v) is 11.1. The van der Waals surface area contributed by atoms with Gasteiger partial charge in [-0.05, 0) is 10.4 Å². The molecule has 0 aliphatic carbocycles. The number of hydrogen-bond acceptors (Lipinski definition) is 6. The van der Waals surface area contributed by atoms with Crippen LogP contribution in [0.3, 0.4) is 0 Å². The average molecular weight is 291 g/mol. The van der Waals surface area contributed by atoms with Crippen LogP contribution in [0.4, 0.5) is 0 Å². The van der Waals surface area contributed by atoms with Crippen LogP contribution in [0.15, 0.2) is 0 Å². The normalized spacial score (nSPS) is 8.94. The molecule has 0 fully saturated rings. The van der Waals surface area contributed by atoms with E-state index >= 15 is 0 Å². The fourth-order valence-electron chi connectivity index (χ4n) is 1.16. The van der Waals surface area contributed by atoms with Gasteiger partial charge in [-0.2, -0.15) is 0 Å². The van der Waals surface area contributed by atoms with E-state index in [1.807, 2.05) is 0 Å². The number of nitrogens with two attached hydrogens (primary N) is 3. The molecule has 8 nitrogen and oxygen atoms in total. The molecule has 0 saturated heterocycles. The summed E-state index contributed by atoms with van der Waals surface area (Å²) in [5.41, 5.74) is 28.5. The first kappa shape index (κ1) is 21.9. The SMILES string of the molecule is NCCNCCN(CCN)CCN.[Co+2].[N-]=[N+]=N. The second-order valence-corrected chi connectivity index (χ2v) is 3.06. The van der Waals surface area contributed by atoms with E-state index in [9.17, 15) is 0 Å². The van der Waals surface area contributed by atoms with Crippen molar-refractivity contribution in [3.05, 3.63) is 10.4 Å². The van der Waals surface area contributed by atoms with Gasteiger partial charge >= 0.3 is 16.8 Å². The van der Waals surface area contributed by atoms with Crippen LogP contribution in [0, 0.1) is 5.53 Å². The van der Waals surface area contributed by atoms with Crippen molar-refractivity contribution in [2.24, 2.45) is 17.2 Å². The van der Waals surface area contributed by atoms with Gasteiger partial charge in [0.25, 0.3) is 0 Å². The Bertz CT molecular complexity index is 156. The van der Waals surface area contributed by atoms with Crippen LogP contribution in [0.1, 0.15) is 0 Å². The van der Waals surface area contributed by atoms with Gasteiger partial charge in [0.05, 0.1) is 0 Å². The number of nitrogens with one attached hydrogen (secondary N) is 2. The van der Waals surface area contributed by atoms with E-state index in [1.165, 1.54) is 0 Å². The van der Waals surface area contributed by atoms with Crippen LogP contribution in [0.2, 0.25) is 0 Å². The minimum absolute atomic E-state index is 0. The first-order valence-electron chi connectivity index (χ1n) is 5.30. The fourth-order valence-corrected chi connectivity index (χ4v) is 1.16. The van der Waals surface area contributed by atoms with Crippen LogP contribution in [0.25, 0.3) is 10.4 Å². The molecule has 0 aromatic carbocycles. The zero-order chi connectivity index (χ0) is 12.6. The van der Waals surface area contributed by atoms with Crippen LogP contribution < -0.4 is 22.5 Å². The Kier molecular flexibility index (Phi) is 26.9. The molecule has 0 saturated carbocycles. The maximum absolute atomic E-state index is 6.86. The Morgan fingerprint density at radius 2 is 1.47 bits per heavy atom. The Morgan fingerprint density at radius 1 is 1.00 bits per heavy atom. The molecule has 17 heavy (non-hydrogen) atoms. The van der Waals surface area contributed by atoms with E-state index in [0.29, 0.717) is 19.6 Å². The summed E-state index contributed by atoms with van der Waals surface area (Å²) in [7, 11) is 0. The molecule has 0 rings (SSSR count). The maximum atomic E-state index is 6.86. The maximum Gasteiger partial charge on any atom is 2.00 e. The Labute approximate surface area is 113 Å². The van der Waals surface area contributed by atoms with Crippen molar-refractivity contribution in [1.82, 2.24) is 10.2 Å². The third-order valence-corrected chi connectivity index (χ3v) is 1.82. The molecule has 9 heteroatoms. The quantitative estimate of drug-likeness (QED) is 0.153. The minimum atomic E-state index is 0. The van der Waals surface area contributed by atoms with Gasteiger partial charge in [0, 0.05) is 52.4 Å². The summed E-state index contributed by atoms with van der Waals surface area (Å²) in [5.74, 6) is 0. The van der Waals surface area contributed by atoms with Crippen molar-refractivity contribution in [2.75, 3.05) is 52.4 Å². The van der Waals surface area contributed by atoms with Gasteiger partial charge in [0.1, 0.15) is 0 Å². The van der Waals surface area contributed by atoms with E-state index < -0.39 is 0 Å². The molecule has 0 heterocycles. The van der Waals surface area contributed by atoms with Crippen molar-refractivity contribution < 1.29 is 16.8 Å². The Morgan fingerprint density at radius 3 is 1.82 bits per heavy atom. The van der Waals surface area contributed by atoms with Crippen LogP contribution in [-0.4, -0.2) is 57.3 Å². The van der Waals surface area contributed by atoms with E-state index in [-0.39, 0.29) is 16.8 Å². The minimum Gasteiger partial charge on any atom is -0.329 e. The van der Waals surface area contributed by atoms with Crippen molar-refractivity contribution >= 4 is 0 Å². The number of rotatable bonds is 9. The molecule has 0 aliphatic heterocycles. The molecule has 0 bridgehead atoms. The third kappa shape index (κ3) is 21.5. The molecule has 8 N–H and O–H groups in total. The molecule has 0 aromatic rings. The van der Waals surface area contributed by atoms with Crippen LogP contribution in [0.5, 0.6) is 0 Å². The standard InChI is InChI=1S/C8H23N5.Co.HN3/c9-1-4-12-5-8-13(6-2-10)7-3-11;;1-3-2/h12H,1-11H2;;1H/q;+2;. The first-order valence-corrected chi connectivity index (χ1v) is 5.30. The van der Waals surface area contributed by atoms with Crippen molar-refractivity contribution in [3.63, 3.8) is 0 Å². The van der Waals surface area contributed by atoms with E-state index in [4.69, 9.17) is 28.3 Å². The van der Waals surface area contributed by atoms with Gasteiger partial charge in [-0.1, -0.05) is 0 Å². The summed E-state index contributed by atoms with van der Waals surface area (Å²) in [6, 6.07) is 0. The molecule has 0 unspecified atom stereocenters. The molecule has 0 spiro atoms. The van der Waals surface area contributed by atoms with Gasteiger partial charge in [0.2, 0.25) is 0 Å². The fraction of sp³-hybridized carbons (Fsp3) is 1.00. The van der Waals surface area contributed by atoms with E-state index in [2.05, 4.69) is 10.2 Å². The van der Waals surface area contributed by atoms with Crippen LogP contribution in [-0.2, 0) is 16.8 Å². The predicted molar refractivity (Wildman–Crippen MR) is 65.9 cm³/mol. The number of nitrogens with zero attached hydrogens (tertiary/aromatic N) is 3. The molecular weight excluding hydrogens is 267 g/mol. The summed E-state index contributed by atoms with van der Waals surface area (Å²) in [4.78, 5) is 4.00. The second kappa shape index (κ2) is 21.0. The third-order valence-electron chi connectivity index (χ3n) is 1.82. The molecule has 0 atom stereocenters. The van der Waals surface area contributed by atoms with Gasteiger partial charge < -0.3 is 22.5 Å². The zero-order valence-electron chi connectivity index (χ0n) is 10.1. The Hall–Kier alpha value is -0.384. The van der Waals surface area contributed by atoms with Crippen molar-refractivity contribution in [1.29, 1.82) is 5.53 Å². The van der Waals surface area contributed by atoms with Gasteiger partial charge in [-0.25, -0.2) is 0 Å². The monoisotopic (exact) mass is 291 g/mol. The van der Waals surface area contributed by atoms with E-state index in [1.54, 1.807) is 4.91 Å². The topological polar surface area (TPSA) is 154 Å². The molecule has 1 radical (unpaired) electrons. The summed E-state index contributed by atoms with van der Waals surface area (Å²) in [6.45, 7) is 6.73. The largest absolute Gasteiger partial charge is 2.00 e. The van der Waals surface area contributed by atoms with Gasteiger partial charge in [-0.15, -0.1) is 5.53 Å². The Balaban J connectivity index is -0.000000440. The predicted octanol–water partition coefficient (Wildman–Crippen LogP) is -1.37. The molecule has 0 aromatic heterocycles. The number of hydrogen-bond donors (Lipinski definition) is 5. The van der Waals surface area contributed by atoms with Crippen molar-refractivity contribution in [2.45, 2.75) is 0 Å². The van der Waals surface area contributed by atoms with Crippen LogP contribution >= 0.6 is 0 Å². The summed E-state index contributed by atoms with van der Waals surface area (Å²) < 4.78 is 0. The second-order valence-electron chi connectivity index (χ2n) is 3.06. The first-order chi connectivity index (χ1) is 7.76. The van der Waals surface area contributed by atoms with Crippen molar-refractivity contribution in [3.8, 4) is 0 Å². The van der Waals surface area contributed by atoms with E-state index in [0.717, 1.165) is 32.7 Å². The summed E-state index contributed by atoms with van der Waals surface area (Å²) in [5, 5.41) is 3.23. The van der Waals surface area contributed by atoms with Gasteiger partial charge in [-0.3, -0.25) is 4.90 Å². The molecule has 0 aliphatic rings. The summed E-state index contributed by atoms with van der Waals surface area (Å²) >= 11 is 0. The average Bonchev–Trinajstić information content (AvgIpc) is 2.26. The molecule has 103 valence electrons. The molecule has 0 amide bonds. The summed E-state index contributed by atoms with van der Waals surface area (Å²) in [6.07, 6.45) is 0.